The van der Waals surface area contributed by atoms with Crippen LogP contribution in [0.2, 0.25) is 5.02 Å². The normalized spacial score (nSPS) is 21.2. The lowest BCUT2D eigenvalue weighted by Crippen LogP contribution is -2.41. The van der Waals surface area contributed by atoms with Crippen LogP contribution >= 0.6 is 11.6 Å². The lowest BCUT2D eigenvalue weighted by molar-refractivity contribution is -0.136. The summed E-state index contributed by atoms with van der Waals surface area (Å²) in [4.78, 5) is 23.5. The molecule has 0 radical (unpaired) electrons. The Morgan fingerprint density at radius 3 is 2.73 bits per heavy atom. The molecule has 0 bridgehead atoms. The van der Waals surface area contributed by atoms with Gasteiger partial charge in [-0.25, -0.2) is 4.39 Å². The minimum Gasteiger partial charge on any atom is -0.393 e. The van der Waals surface area contributed by atoms with Crippen LogP contribution in [-0.4, -0.2) is 29.6 Å². The summed E-state index contributed by atoms with van der Waals surface area (Å²) in [5, 5.41) is 14.3. The standard InChI is InChI=1S/C15H18ClFN2O3/c16-10-5-3-6-11(13(10)17)19-15(22)14(21)18-8-9-4-1-2-7-12(9)20/h3,5-6,9,12,20H,1-2,4,7-8H2,(H,18,21)(H,19,22)/t9-,12-/m1/s1. The highest BCUT2D eigenvalue weighted by Crippen LogP contribution is 2.24. The third-order valence-electron chi connectivity index (χ3n) is 3.80. The first-order chi connectivity index (χ1) is 10.5. The van der Waals surface area contributed by atoms with Crippen LogP contribution in [0.5, 0.6) is 0 Å². The van der Waals surface area contributed by atoms with Gasteiger partial charge in [0.2, 0.25) is 0 Å². The van der Waals surface area contributed by atoms with Crippen LogP contribution < -0.4 is 10.6 Å². The summed E-state index contributed by atoms with van der Waals surface area (Å²) in [6.07, 6.45) is 3.03. The molecule has 22 heavy (non-hydrogen) atoms. The summed E-state index contributed by atoms with van der Waals surface area (Å²) in [5.74, 6) is -2.66. The molecule has 1 aromatic rings. The van der Waals surface area contributed by atoms with Gasteiger partial charge in [-0.05, 0) is 25.0 Å². The minimum absolute atomic E-state index is 0.0478. The van der Waals surface area contributed by atoms with Gasteiger partial charge in [-0.1, -0.05) is 30.5 Å². The SMILES string of the molecule is O=C(NC[C@H]1CCCC[C@H]1O)C(=O)Nc1cccc(Cl)c1F. The van der Waals surface area contributed by atoms with E-state index in [-0.39, 0.29) is 23.2 Å². The number of carbonyl (C=O) groups excluding carboxylic acids is 2. The number of halogens is 2. The van der Waals surface area contributed by atoms with Crippen molar-refractivity contribution in [2.24, 2.45) is 5.92 Å². The average molecular weight is 329 g/mol. The first kappa shape index (κ1) is 16.7. The molecule has 0 heterocycles. The summed E-state index contributed by atoms with van der Waals surface area (Å²) >= 11 is 5.60. The Bertz CT molecular complexity index is 568. The molecule has 3 N–H and O–H groups in total. The van der Waals surface area contributed by atoms with E-state index in [1.807, 2.05) is 0 Å². The maximum absolute atomic E-state index is 13.6. The van der Waals surface area contributed by atoms with Crippen LogP contribution in [0.4, 0.5) is 10.1 Å². The topological polar surface area (TPSA) is 78.4 Å². The first-order valence-electron chi connectivity index (χ1n) is 7.20. The predicted molar refractivity (Wildman–Crippen MR) is 81.0 cm³/mol. The third kappa shape index (κ3) is 4.18. The van der Waals surface area contributed by atoms with E-state index < -0.39 is 23.7 Å². The number of rotatable bonds is 3. The fourth-order valence-electron chi connectivity index (χ4n) is 2.51. The second kappa shape index (κ2) is 7.56. The van der Waals surface area contributed by atoms with Crippen molar-refractivity contribution in [2.45, 2.75) is 31.8 Å². The number of hydrogen-bond acceptors (Lipinski definition) is 3. The average Bonchev–Trinajstić information content (AvgIpc) is 2.50. The Kier molecular flexibility index (Phi) is 5.74. The summed E-state index contributed by atoms with van der Waals surface area (Å²) in [5.41, 5.74) is -0.148. The van der Waals surface area contributed by atoms with Gasteiger partial charge in [0, 0.05) is 12.5 Å². The van der Waals surface area contributed by atoms with Gasteiger partial charge in [-0.15, -0.1) is 0 Å². The molecule has 0 spiro atoms. The van der Waals surface area contributed by atoms with E-state index in [1.54, 1.807) is 0 Å². The number of benzene rings is 1. The summed E-state index contributed by atoms with van der Waals surface area (Å²) < 4.78 is 13.6. The summed E-state index contributed by atoms with van der Waals surface area (Å²) in [7, 11) is 0. The molecule has 1 saturated carbocycles. The second-order valence-corrected chi connectivity index (χ2v) is 5.78. The van der Waals surface area contributed by atoms with E-state index in [4.69, 9.17) is 11.6 Å². The third-order valence-corrected chi connectivity index (χ3v) is 4.09. The molecule has 0 aliphatic heterocycles. The Hall–Kier alpha value is -1.66. The van der Waals surface area contributed by atoms with Crippen molar-refractivity contribution in [3.05, 3.63) is 29.0 Å². The quantitative estimate of drug-likeness (QED) is 0.743. The zero-order chi connectivity index (χ0) is 16.1. The monoisotopic (exact) mass is 328 g/mol. The summed E-state index contributed by atoms with van der Waals surface area (Å²) in [6, 6.07) is 4.13. The van der Waals surface area contributed by atoms with E-state index in [0.717, 1.165) is 19.3 Å². The second-order valence-electron chi connectivity index (χ2n) is 5.38. The molecule has 2 rings (SSSR count). The number of nitrogens with one attached hydrogen (secondary N) is 2. The molecule has 120 valence electrons. The largest absolute Gasteiger partial charge is 0.393 e. The van der Waals surface area contributed by atoms with Gasteiger partial charge >= 0.3 is 11.8 Å². The van der Waals surface area contributed by atoms with Gasteiger partial charge in [0.25, 0.3) is 0 Å². The van der Waals surface area contributed by atoms with E-state index in [9.17, 15) is 19.1 Å². The number of aliphatic hydroxyl groups is 1. The number of aliphatic hydroxyl groups excluding tert-OH is 1. The zero-order valence-corrected chi connectivity index (χ0v) is 12.7. The van der Waals surface area contributed by atoms with Gasteiger partial charge in [-0.2, -0.15) is 0 Å². The molecule has 0 saturated heterocycles. The Labute approximate surface area is 132 Å². The highest BCUT2D eigenvalue weighted by molar-refractivity contribution is 6.39. The van der Waals surface area contributed by atoms with Crippen molar-refractivity contribution in [1.29, 1.82) is 0 Å². The predicted octanol–water partition coefficient (Wildman–Crippen LogP) is 2.08. The van der Waals surface area contributed by atoms with E-state index >= 15 is 0 Å². The van der Waals surface area contributed by atoms with Crippen LogP contribution in [0.1, 0.15) is 25.7 Å². The molecule has 0 aromatic heterocycles. The van der Waals surface area contributed by atoms with E-state index in [0.29, 0.717) is 6.42 Å². The molecule has 5 nitrogen and oxygen atoms in total. The number of carbonyl (C=O) groups is 2. The molecule has 2 atom stereocenters. The number of amides is 2. The first-order valence-corrected chi connectivity index (χ1v) is 7.58. The number of anilines is 1. The highest BCUT2D eigenvalue weighted by atomic mass is 35.5. The molecule has 0 unspecified atom stereocenters. The van der Waals surface area contributed by atoms with Crippen LogP contribution in [0.3, 0.4) is 0 Å². The fourth-order valence-corrected chi connectivity index (χ4v) is 2.68. The molecular formula is C15H18ClFN2O3. The summed E-state index contributed by atoms with van der Waals surface area (Å²) in [6.45, 7) is 0.228. The van der Waals surface area contributed by atoms with Crippen LogP contribution in [0.15, 0.2) is 18.2 Å². The molecule has 1 fully saturated rings. The van der Waals surface area contributed by atoms with Gasteiger partial charge in [0.1, 0.15) is 0 Å². The Morgan fingerprint density at radius 1 is 1.27 bits per heavy atom. The maximum atomic E-state index is 13.6. The smallest absolute Gasteiger partial charge is 0.313 e. The van der Waals surface area contributed by atoms with Crippen LogP contribution in [0, 0.1) is 11.7 Å². The molecule has 1 aliphatic rings. The van der Waals surface area contributed by atoms with Crippen molar-refractivity contribution in [2.75, 3.05) is 11.9 Å². The van der Waals surface area contributed by atoms with Crippen molar-refractivity contribution in [1.82, 2.24) is 5.32 Å². The zero-order valence-electron chi connectivity index (χ0n) is 11.9. The van der Waals surface area contributed by atoms with E-state index in [1.165, 1.54) is 18.2 Å². The lowest BCUT2D eigenvalue weighted by Gasteiger charge is -2.27. The van der Waals surface area contributed by atoms with E-state index in [2.05, 4.69) is 10.6 Å². The van der Waals surface area contributed by atoms with Gasteiger partial charge < -0.3 is 15.7 Å². The molecule has 7 heteroatoms. The Morgan fingerprint density at radius 2 is 2.00 bits per heavy atom. The fraction of sp³-hybridized carbons (Fsp3) is 0.467. The van der Waals surface area contributed by atoms with Gasteiger partial charge in [-0.3, -0.25) is 9.59 Å². The highest BCUT2D eigenvalue weighted by Gasteiger charge is 2.24. The Balaban J connectivity index is 1.87. The molecule has 1 aliphatic carbocycles. The van der Waals surface area contributed by atoms with Gasteiger partial charge in [0.15, 0.2) is 5.82 Å². The van der Waals surface area contributed by atoms with Crippen LogP contribution in [0.25, 0.3) is 0 Å². The van der Waals surface area contributed by atoms with Crippen molar-refractivity contribution in [3.63, 3.8) is 0 Å². The van der Waals surface area contributed by atoms with Crippen LogP contribution in [-0.2, 0) is 9.59 Å². The van der Waals surface area contributed by atoms with Crippen molar-refractivity contribution < 1.29 is 19.1 Å². The molecule has 1 aromatic carbocycles. The van der Waals surface area contributed by atoms with Crippen molar-refractivity contribution >= 4 is 29.1 Å². The lowest BCUT2D eigenvalue weighted by atomic mass is 9.86. The number of hydrogen-bond donors (Lipinski definition) is 3. The molecular weight excluding hydrogens is 311 g/mol. The minimum atomic E-state index is -0.966. The molecule has 2 amide bonds. The van der Waals surface area contributed by atoms with Gasteiger partial charge in [0.05, 0.1) is 16.8 Å². The van der Waals surface area contributed by atoms with Crippen molar-refractivity contribution in [3.8, 4) is 0 Å². The maximum Gasteiger partial charge on any atom is 0.313 e.